The van der Waals surface area contributed by atoms with Crippen LogP contribution in [0, 0.1) is 5.92 Å². The second-order valence-corrected chi connectivity index (χ2v) is 8.96. The van der Waals surface area contributed by atoms with Crippen LogP contribution >= 0.6 is 0 Å². The Morgan fingerprint density at radius 3 is 2.15 bits per heavy atom. The lowest BCUT2D eigenvalue weighted by Gasteiger charge is -2.29. The fourth-order valence-corrected chi connectivity index (χ4v) is 3.65. The molecule has 6 atom stereocenters. The van der Waals surface area contributed by atoms with Gasteiger partial charge in [-0.1, -0.05) is 13.8 Å². The summed E-state index contributed by atoms with van der Waals surface area (Å²) >= 11 is 0. The van der Waals surface area contributed by atoms with E-state index in [-0.39, 0.29) is 12.5 Å². The van der Waals surface area contributed by atoms with E-state index in [9.17, 15) is 34.2 Å². The Kier molecular flexibility index (Phi) is 11.4. The van der Waals surface area contributed by atoms with E-state index in [1.165, 1.54) is 18.7 Å². The molecule has 1 fully saturated rings. The van der Waals surface area contributed by atoms with E-state index in [4.69, 9.17) is 10.8 Å². The minimum atomic E-state index is -1.63. The van der Waals surface area contributed by atoms with E-state index >= 15 is 0 Å². The summed E-state index contributed by atoms with van der Waals surface area (Å²) in [6.45, 7) is 5.92. The maximum atomic E-state index is 12.9. The summed E-state index contributed by atoms with van der Waals surface area (Å²) in [4.78, 5) is 62.7. The molecule has 13 nitrogen and oxygen atoms in total. The Morgan fingerprint density at radius 1 is 1.03 bits per heavy atom. The predicted molar refractivity (Wildman–Crippen MR) is 120 cm³/mol. The van der Waals surface area contributed by atoms with E-state index < -0.39 is 72.5 Å². The van der Waals surface area contributed by atoms with Crippen LogP contribution in [-0.4, -0.2) is 99.3 Å². The lowest BCUT2D eigenvalue weighted by atomic mass is 10.0. The molecule has 0 aromatic heterocycles. The van der Waals surface area contributed by atoms with Gasteiger partial charge in [0.05, 0.1) is 18.8 Å². The summed E-state index contributed by atoms with van der Waals surface area (Å²) in [6.07, 6.45) is -0.152. The monoisotopic (exact) mass is 487 g/mol. The van der Waals surface area contributed by atoms with Crippen molar-refractivity contribution in [3.05, 3.63) is 0 Å². The Labute approximate surface area is 198 Å². The highest BCUT2D eigenvalue weighted by Crippen LogP contribution is 2.19. The highest BCUT2D eigenvalue weighted by molar-refractivity contribution is 5.95. The molecule has 1 saturated heterocycles. The summed E-state index contributed by atoms with van der Waals surface area (Å²) in [6, 6.07) is -5.76. The van der Waals surface area contributed by atoms with Gasteiger partial charge in [0.15, 0.2) is 6.04 Å². The molecule has 0 aromatic carbocycles. The first-order valence-corrected chi connectivity index (χ1v) is 11.3. The van der Waals surface area contributed by atoms with Crippen molar-refractivity contribution in [2.75, 3.05) is 13.2 Å². The fourth-order valence-electron chi connectivity index (χ4n) is 3.65. The second-order valence-electron chi connectivity index (χ2n) is 8.96. The van der Waals surface area contributed by atoms with Gasteiger partial charge in [-0.05, 0) is 39.0 Å². The molecule has 194 valence electrons. The Morgan fingerprint density at radius 2 is 1.65 bits per heavy atom. The van der Waals surface area contributed by atoms with Gasteiger partial charge in [-0.3, -0.25) is 19.2 Å². The molecular weight excluding hydrogens is 450 g/mol. The molecule has 0 bridgehead atoms. The predicted octanol–water partition coefficient (Wildman–Crippen LogP) is -2.72. The zero-order valence-electron chi connectivity index (χ0n) is 20.0. The van der Waals surface area contributed by atoms with E-state index in [0.717, 1.165) is 0 Å². The van der Waals surface area contributed by atoms with Crippen LogP contribution in [0.3, 0.4) is 0 Å². The van der Waals surface area contributed by atoms with Crippen molar-refractivity contribution in [1.29, 1.82) is 0 Å². The number of aliphatic carboxylic acids is 1. The highest BCUT2D eigenvalue weighted by atomic mass is 16.4. The van der Waals surface area contributed by atoms with Crippen molar-refractivity contribution in [3.8, 4) is 0 Å². The zero-order chi connectivity index (χ0) is 26.2. The number of nitrogens with one attached hydrogen (secondary N) is 3. The van der Waals surface area contributed by atoms with E-state index in [0.29, 0.717) is 19.3 Å². The first kappa shape index (κ1) is 29.3. The number of rotatable bonds is 12. The number of carboxylic acids is 1. The molecule has 34 heavy (non-hydrogen) atoms. The van der Waals surface area contributed by atoms with E-state index in [2.05, 4.69) is 16.0 Å². The molecule has 0 saturated carbocycles. The minimum Gasteiger partial charge on any atom is -0.480 e. The quantitative estimate of drug-likeness (QED) is 0.152. The fraction of sp³-hybridized carbons (Fsp3) is 0.762. The number of nitrogens with two attached hydrogens (primary N) is 1. The average molecular weight is 488 g/mol. The van der Waals surface area contributed by atoms with Gasteiger partial charge in [0, 0.05) is 6.54 Å². The third-order valence-electron chi connectivity index (χ3n) is 5.49. The van der Waals surface area contributed by atoms with Gasteiger partial charge in [-0.25, -0.2) is 4.79 Å². The van der Waals surface area contributed by atoms with Crippen LogP contribution in [0.1, 0.15) is 47.0 Å². The molecule has 1 heterocycles. The van der Waals surface area contributed by atoms with Crippen molar-refractivity contribution in [1.82, 2.24) is 20.9 Å². The molecule has 1 aliphatic heterocycles. The van der Waals surface area contributed by atoms with Crippen LogP contribution in [0.25, 0.3) is 0 Å². The van der Waals surface area contributed by atoms with Gasteiger partial charge in [0.1, 0.15) is 18.1 Å². The number of carbonyl (C=O) groups is 5. The number of aliphatic hydroxyl groups excluding tert-OH is 2. The Bertz CT molecular complexity index is 759. The van der Waals surface area contributed by atoms with Gasteiger partial charge in [-0.2, -0.15) is 0 Å². The third kappa shape index (κ3) is 8.22. The van der Waals surface area contributed by atoms with Crippen molar-refractivity contribution < 1.29 is 39.3 Å². The van der Waals surface area contributed by atoms with Gasteiger partial charge in [0.25, 0.3) is 0 Å². The van der Waals surface area contributed by atoms with E-state index in [1.54, 1.807) is 0 Å². The second kappa shape index (κ2) is 13.2. The topological polar surface area (TPSA) is 211 Å². The molecule has 0 unspecified atom stereocenters. The van der Waals surface area contributed by atoms with Crippen LogP contribution in [0.2, 0.25) is 0 Å². The number of carbonyl (C=O) groups excluding carboxylic acids is 4. The number of hydrogen-bond donors (Lipinski definition) is 7. The van der Waals surface area contributed by atoms with Crippen molar-refractivity contribution in [2.24, 2.45) is 11.7 Å². The van der Waals surface area contributed by atoms with Gasteiger partial charge >= 0.3 is 5.97 Å². The highest BCUT2D eigenvalue weighted by Gasteiger charge is 2.38. The summed E-state index contributed by atoms with van der Waals surface area (Å²) in [7, 11) is 0. The van der Waals surface area contributed by atoms with Crippen molar-refractivity contribution in [3.63, 3.8) is 0 Å². The number of carboxylic acid groups (broad SMARTS) is 1. The molecule has 1 aliphatic rings. The summed E-state index contributed by atoms with van der Waals surface area (Å²) in [5.41, 5.74) is 5.85. The normalized spacial score (nSPS) is 20.1. The largest absolute Gasteiger partial charge is 0.480 e. The molecule has 1 rings (SSSR count). The number of nitrogens with zero attached hydrogens (tertiary/aromatic N) is 1. The number of amides is 4. The lowest BCUT2D eigenvalue weighted by Crippen LogP contribution is -2.59. The Hall–Kier alpha value is -2.77. The molecule has 0 radical (unpaired) electrons. The SMILES string of the molecule is CC(C)C[C@H](N)C(=O)N[C@@H](C)C(=O)N1CCC[C@H]1C(=O)N[C@@H](CO)C(=O)N[C@H](C(=O)O)[C@@H](C)O. The Balaban J connectivity index is 2.79. The molecular formula is C21H37N5O8. The summed E-state index contributed by atoms with van der Waals surface area (Å²) in [5.74, 6) is -3.96. The average Bonchev–Trinajstić information content (AvgIpc) is 3.23. The van der Waals surface area contributed by atoms with Crippen LogP contribution in [0.5, 0.6) is 0 Å². The van der Waals surface area contributed by atoms with Crippen molar-refractivity contribution in [2.45, 2.75) is 83.3 Å². The first-order chi connectivity index (χ1) is 15.8. The molecule has 0 aliphatic carbocycles. The molecule has 4 amide bonds. The molecule has 0 aromatic rings. The summed E-state index contributed by atoms with van der Waals surface area (Å²) in [5, 5.41) is 35.1. The lowest BCUT2D eigenvalue weighted by molar-refractivity contribution is -0.146. The third-order valence-corrected chi connectivity index (χ3v) is 5.49. The number of hydrogen-bond acceptors (Lipinski definition) is 8. The van der Waals surface area contributed by atoms with Gasteiger partial charge < -0.3 is 41.9 Å². The standard InChI is InChI=1S/C21H37N5O8/c1-10(2)8-13(22)17(29)23-11(3)20(32)26-7-5-6-15(26)19(31)24-14(9-27)18(30)25-16(12(4)28)21(33)34/h10-16,27-28H,5-9,22H2,1-4H3,(H,23,29)(H,24,31)(H,25,30)(H,33,34)/t11-,12+,13-,14-,15-,16-/m0/s1. The summed E-state index contributed by atoms with van der Waals surface area (Å²) < 4.78 is 0. The maximum absolute atomic E-state index is 12.9. The maximum Gasteiger partial charge on any atom is 0.328 e. The molecule has 13 heteroatoms. The van der Waals surface area contributed by atoms with Crippen molar-refractivity contribution >= 4 is 29.6 Å². The smallest absolute Gasteiger partial charge is 0.328 e. The molecule has 0 spiro atoms. The van der Waals surface area contributed by atoms with E-state index in [1.807, 2.05) is 13.8 Å². The first-order valence-electron chi connectivity index (χ1n) is 11.3. The minimum absolute atomic E-state index is 0.196. The van der Waals surface area contributed by atoms with Crippen LogP contribution in [0.4, 0.5) is 0 Å². The van der Waals surface area contributed by atoms with Gasteiger partial charge in [-0.15, -0.1) is 0 Å². The zero-order valence-corrected chi connectivity index (χ0v) is 20.0. The molecule has 8 N–H and O–H groups in total. The van der Waals surface area contributed by atoms with Crippen LogP contribution < -0.4 is 21.7 Å². The van der Waals surface area contributed by atoms with Gasteiger partial charge in [0.2, 0.25) is 23.6 Å². The number of aliphatic hydroxyl groups is 2. The van der Waals surface area contributed by atoms with Crippen LogP contribution in [0.15, 0.2) is 0 Å². The number of likely N-dealkylation sites (tertiary alicyclic amines) is 1. The van der Waals surface area contributed by atoms with Crippen LogP contribution in [-0.2, 0) is 24.0 Å².